The number of carbonyl (C=O) groups excluding carboxylic acids is 1. The smallest absolute Gasteiger partial charge is 0.410 e. The number of rotatable bonds is 6. The molecule has 4 aliphatic rings. The fraction of sp³-hybridized carbons (Fsp3) is 0.444. The number of amides is 1. The molecular formula is C27H30N2O6. The molecule has 0 aromatic heterocycles. The quantitative estimate of drug-likeness (QED) is 0.656. The number of piperidine rings is 3. The second-order valence-corrected chi connectivity index (χ2v) is 9.80. The van der Waals surface area contributed by atoms with Crippen molar-refractivity contribution in [3.8, 4) is 0 Å². The maximum absolute atomic E-state index is 13.6. The van der Waals surface area contributed by atoms with E-state index in [4.69, 9.17) is 4.74 Å². The molecule has 6 rings (SSSR count). The van der Waals surface area contributed by atoms with Gasteiger partial charge in [0, 0.05) is 25.6 Å². The van der Waals surface area contributed by atoms with Gasteiger partial charge in [0.15, 0.2) is 0 Å². The third kappa shape index (κ3) is 4.62. The molecule has 2 N–H and O–H groups in total. The standard InChI is InChI=1S/C27H30N2O6/c30-24(31)14-21(26(32)33)22-15-28-12-11-20(22)23(16-28)35-27(34)29-13-10-17-6-4-5-9-19(17)25(29)18-7-2-1-3-8-18/h1-9,20-23,25H,10-16H2,(H,30,31)(H,32,33)/t20?,21?,22?,23-,25-/m0/s1. The van der Waals surface area contributed by atoms with E-state index in [9.17, 15) is 24.6 Å². The zero-order valence-corrected chi connectivity index (χ0v) is 19.5. The van der Waals surface area contributed by atoms with Crippen molar-refractivity contribution in [3.05, 3.63) is 71.3 Å². The van der Waals surface area contributed by atoms with Crippen LogP contribution in [0.2, 0.25) is 0 Å². The Morgan fingerprint density at radius 2 is 1.71 bits per heavy atom. The van der Waals surface area contributed by atoms with Gasteiger partial charge in [0.1, 0.15) is 6.10 Å². The first kappa shape index (κ1) is 23.4. The van der Waals surface area contributed by atoms with Gasteiger partial charge in [0.2, 0.25) is 0 Å². The van der Waals surface area contributed by atoms with Gasteiger partial charge in [-0.2, -0.15) is 0 Å². The van der Waals surface area contributed by atoms with E-state index >= 15 is 0 Å². The van der Waals surface area contributed by atoms with Crippen molar-refractivity contribution in [2.24, 2.45) is 17.8 Å². The number of aliphatic carboxylic acids is 2. The number of fused-ring (bicyclic) bond motifs is 4. The van der Waals surface area contributed by atoms with Gasteiger partial charge in [0.25, 0.3) is 0 Å². The van der Waals surface area contributed by atoms with Crippen LogP contribution in [0, 0.1) is 17.8 Å². The highest BCUT2D eigenvalue weighted by atomic mass is 16.6. The summed E-state index contributed by atoms with van der Waals surface area (Å²) in [6.07, 6.45) is 0.133. The number of carboxylic acid groups (broad SMARTS) is 2. The van der Waals surface area contributed by atoms with Crippen molar-refractivity contribution >= 4 is 18.0 Å². The third-order valence-electron chi connectivity index (χ3n) is 7.83. The van der Waals surface area contributed by atoms with Crippen molar-refractivity contribution in [1.82, 2.24) is 9.80 Å². The predicted octanol–water partition coefficient (Wildman–Crippen LogP) is 3.27. The number of hydrogen-bond acceptors (Lipinski definition) is 5. The van der Waals surface area contributed by atoms with Crippen molar-refractivity contribution in [2.75, 3.05) is 26.2 Å². The van der Waals surface area contributed by atoms with E-state index in [1.165, 1.54) is 5.56 Å². The Morgan fingerprint density at radius 1 is 0.971 bits per heavy atom. The Balaban J connectivity index is 1.38. The van der Waals surface area contributed by atoms with Crippen LogP contribution in [-0.4, -0.2) is 70.3 Å². The summed E-state index contributed by atoms with van der Waals surface area (Å²) in [7, 11) is 0. The Hall–Kier alpha value is -3.39. The Morgan fingerprint density at radius 3 is 2.43 bits per heavy atom. The summed E-state index contributed by atoms with van der Waals surface area (Å²) in [5, 5.41) is 19.0. The summed E-state index contributed by atoms with van der Waals surface area (Å²) in [5.74, 6) is -3.76. The summed E-state index contributed by atoms with van der Waals surface area (Å²) >= 11 is 0. The molecule has 0 radical (unpaired) electrons. The third-order valence-corrected chi connectivity index (χ3v) is 7.83. The van der Waals surface area contributed by atoms with Crippen LogP contribution in [-0.2, 0) is 20.7 Å². The van der Waals surface area contributed by atoms with Gasteiger partial charge in [-0.25, -0.2) is 4.79 Å². The number of carbonyl (C=O) groups is 3. The molecule has 0 spiro atoms. The van der Waals surface area contributed by atoms with Crippen LogP contribution in [0.4, 0.5) is 4.79 Å². The molecule has 1 amide bonds. The summed E-state index contributed by atoms with van der Waals surface area (Å²) in [5.41, 5.74) is 3.31. The Labute approximate surface area is 204 Å². The maximum atomic E-state index is 13.6. The number of nitrogens with zero attached hydrogens (tertiary/aromatic N) is 2. The van der Waals surface area contributed by atoms with E-state index in [0.717, 1.165) is 24.1 Å². The van der Waals surface area contributed by atoms with Crippen LogP contribution in [0.3, 0.4) is 0 Å². The summed E-state index contributed by atoms with van der Waals surface area (Å²) in [4.78, 5) is 40.7. The van der Waals surface area contributed by atoms with E-state index in [0.29, 0.717) is 26.1 Å². The fourth-order valence-corrected chi connectivity index (χ4v) is 6.20. The van der Waals surface area contributed by atoms with Gasteiger partial charge in [-0.1, -0.05) is 54.6 Å². The van der Waals surface area contributed by atoms with E-state index in [1.807, 2.05) is 42.5 Å². The molecule has 2 aromatic rings. The van der Waals surface area contributed by atoms with Gasteiger partial charge >= 0.3 is 18.0 Å². The van der Waals surface area contributed by atoms with E-state index < -0.39 is 36.5 Å². The van der Waals surface area contributed by atoms with Gasteiger partial charge in [-0.3, -0.25) is 19.4 Å². The lowest BCUT2D eigenvalue weighted by atomic mass is 9.70. The topological polar surface area (TPSA) is 107 Å². The van der Waals surface area contributed by atoms with Gasteiger partial charge in [-0.15, -0.1) is 0 Å². The van der Waals surface area contributed by atoms with Crippen molar-refractivity contribution in [2.45, 2.75) is 31.4 Å². The molecule has 4 aliphatic heterocycles. The van der Waals surface area contributed by atoms with Crippen LogP contribution in [0.15, 0.2) is 54.6 Å². The van der Waals surface area contributed by atoms with Crippen molar-refractivity contribution in [3.63, 3.8) is 0 Å². The highest BCUT2D eigenvalue weighted by Crippen LogP contribution is 2.41. The average Bonchev–Trinajstić information content (AvgIpc) is 2.87. The fourth-order valence-electron chi connectivity index (χ4n) is 6.20. The predicted molar refractivity (Wildman–Crippen MR) is 127 cm³/mol. The van der Waals surface area contributed by atoms with Crippen LogP contribution in [0.5, 0.6) is 0 Å². The molecular weight excluding hydrogens is 448 g/mol. The average molecular weight is 479 g/mol. The molecule has 4 heterocycles. The minimum atomic E-state index is -1.12. The van der Waals surface area contributed by atoms with E-state index in [1.54, 1.807) is 4.90 Å². The van der Waals surface area contributed by atoms with Gasteiger partial charge in [0.05, 0.1) is 18.4 Å². The molecule has 35 heavy (non-hydrogen) atoms. The minimum Gasteiger partial charge on any atom is -0.481 e. The van der Waals surface area contributed by atoms with E-state index in [-0.39, 0.29) is 17.9 Å². The summed E-state index contributed by atoms with van der Waals surface area (Å²) in [6.45, 7) is 2.40. The lowest BCUT2D eigenvalue weighted by Crippen LogP contribution is -2.59. The zero-order chi connectivity index (χ0) is 24.5. The lowest BCUT2D eigenvalue weighted by molar-refractivity contribution is -0.157. The Bertz CT molecular complexity index is 1110. The largest absolute Gasteiger partial charge is 0.481 e. The highest BCUT2D eigenvalue weighted by molar-refractivity contribution is 5.78. The molecule has 0 aliphatic carbocycles. The first-order valence-corrected chi connectivity index (χ1v) is 12.2. The molecule has 8 heteroatoms. The molecule has 2 bridgehead atoms. The molecule has 3 fully saturated rings. The molecule has 6 atom stereocenters. The molecule has 4 unspecified atom stereocenters. The second kappa shape index (κ2) is 9.70. The van der Waals surface area contributed by atoms with Crippen LogP contribution >= 0.6 is 0 Å². The van der Waals surface area contributed by atoms with Gasteiger partial charge < -0.3 is 14.9 Å². The summed E-state index contributed by atoms with van der Waals surface area (Å²) in [6, 6.07) is 17.8. The maximum Gasteiger partial charge on any atom is 0.410 e. The van der Waals surface area contributed by atoms with Crippen LogP contribution in [0.1, 0.15) is 35.6 Å². The van der Waals surface area contributed by atoms with Crippen LogP contribution < -0.4 is 0 Å². The highest BCUT2D eigenvalue weighted by Gasteiger charge is 2.49. The minimum absolute atomic E-state index is 0.170. The number of benzene rings is 2. The normalized spacial score (nSPS) is 28.1. The number of hydrogen-bond donors (Lipinski definition) is 2. The van der Waals surface area contributed by atoms with Crippen molar-refractivity contribution < 1.29 is 29.3 Å². The molecule has 2 aromatic carbocycles. The first-order chi connectivity index (χ1) is 16.9. The SMILES string of the molecule is O=C(O)CC(C(=O)O)C1CN2CCC1[C@@H](OC(=O)N1CCc3ccccc3[C@@H]1c1ccccc1)C2. The molecule has 8 nitrogen and oxygen atoms in total. The van der Waals surface area contributed by atoms with Crippen molar-refractivity contribution in [1.29, 1.82) is 0 Å². The van der Waals surface area contributed by atoms with Crippen LogP contribution in [0.25, 0.3) is 0 Å². The zero-order valence-electron chi connectivity index (χ0n) is 19.5. The monoisotopic (exact) mass is 478 g/mol. The lowest BCUT2D eigenvalue weighted by Gasteiger charge is -2.50. The second-order valence-electron chi connectivity index (χ2n) is 9.80. The molecule has 3 saturated heterocycles. The molecule has 0 saturated carbocycles. The summed E-state index contributed by atoms with van der Waals surface area (Å²) < 4.78 is 6.10. The number of carboxylic acids is 2. The van der Waals surface area contributed by atoms with E-state index in [2.05, 4.69) is 17.0 Å². The number of ether oxygens (including phenoxy) is 1. The molecule has 184 valence electrons. The Kier molecular flexibility index (Phi) is 6.47. The van der Waals surface area contributed by atoms with Gasteiger partial charge in [-0.05, 0) is 42.0 Å². The first-order valence-electron chi connectivity index (χ1n) is 12.2.